The Morgan fingerprint density at radius 3 is 2.47 bits per heavy atom. The lowest BCUT2D eigenvalue weighted by molar-refractivity contribution is -0.660. The normalized spacial score (nSPS) is 23.1. The van der Waals surface area contributed by atoms with Crippen LogP contribution in [0.2, 0.25) is 0 Å². The molecule has 6 rings (SSSR count). The molecule has 1 atom stereocenters. The fourth-order valence-corrected chi connectivity index (χ4v) is 5.27. The van der Waals surface area contributed by atoms with Gasteiger partial charge in [-0.1, -0.05) is 76.0 Å². The van der Waals surface area contributed by atoms with Gasteiger partial charge >= 0.3 is 0 Å². The van der Waals surface area contributed by atoms with E-state index in [2.05, 4.69) is 0 Å². The smallest absolute Gasteiger partial charge is 0.216 e. The molecule has 0 bridgehead atoms. The van der Waals surface area contributed by atoms with Crippen molar-refractivity contribution in [1.82, 2.24) is 0 Å². The van der Waals surface area contributed by atoms with Crippen molar-refractivity contribution in [3.63, 3.8) is 0 Å². The zero-order valence-electron chi connectivity index (χ0n) is 32.1. The van der Waals surface area contributed by atoms with E-state index in [4.69, 9.17) is 22.2 Å². The Labute approximate surface area is 220 Å². The second kappa shape index (κ2) is 7.06. The molecular formula is C32H32NO+. The van der Waals surface area contributed by atoms with Gasteiger partial charge in [0.2, 0.25) is 5.69 Å². The van der Waals surface area contributed by atoms with Crippen molar-refractivity contribution < 1.29 is 26.8 Å². The second-order valence-electron chi connectivity index (χ2n) is 9.12. The number of benzene rings is 3. The van der Waals surface area contributed by atoms with Gasteiger partial charge in [-0.2, -0.15) is 0 Å². The molecule has 0 radical (unpaired) electrons. The molecule has 0 fully saturated rings. The highest BCUT2D eigenvalue weighted by Crippen LogP contribution is 2.52. The number of nitrogens with zero attached hydrogens (tertiary/aromatic N) is 1. The van der Waals surface area contributed by atoms with Crippen LogP contribution in [0.4, 0.5) is 0 Å². The van der Waals surface area contributed by atoms with Crippen molar-refractivity contribution in [1.29, 1.82) is 0 Å². The van der Waals surface area contributed by atoms with E-state index in [1.54, 1.807) is 41.9 Å². The highest BCUT2D eigenvalue weighted by molar-refractivity contribution is 6.14. The lowest BCUT2D eigenvalue weighted by atomic mass is 9.82. The maximum absolute atomic E-state index is 8.68. The van der Waals surface area contributed by atoms with Crippen LogP contribution >= 0.6 is 0 Å². The number of hydrogen-bond acceptors (Lipinski definition) is 1. The number of aromatic nitrogens is 1. The summed E-state index contributed by atoms with van der Waals surface area (Å²) in [7, 11) is 1.63. The van der Waals surface area contributed by atoms with Crippen LogP contribution in [-0.2, 0) is 12.5 Å². The van der Waals surface area contributed by atoms with Gasteiger partial charge in [-0.15, -0.1) is 0 Å². The Bertz CT molecular complexity index is 2080. The first kappa shape index (κ1) is 11.4. The van der Waals surface area contributed by atoms with E-state index in [0.717, 1.165) is 0 Å². The van der Waals surface area contributed by atoms with Crippen molar-refractivity contribution in [2.45, 2.75) is 52.6 Å². The van der Waals surface area contributed by atoms with E-state index in [0.29, 0.717) is 49.9 Å². The third kappa shape index (κ3) is 2.72. The number of fused-ring (bicyclic) bond motifs is 7. The Balaban J connectivity index is 1.72. The van der Waals surface area contributed by atoms with Gasteiger partial charge < -0.3 is 4.42 Å². The molecule has 5 aromatic rings. The molecule has 3 aromatic carbocycles. The van der Waals surface area contributed by atoms with Crippen molar-refractivity contribution in [3.8, 4) is 22.4 Å². The van der Waals surface area contributed by atoms with E-state index in [1.165, 1.54) is 25.3 Å². The lowest BCUT2D eigenvalue weighted by Gasteiger charge is -2.21. The lowest BCUT2D eigenvalue weighted by Crippen LogP contribution is -2.32. The summed E-state index contributed by atoms with van der Waals surface area (Å²) >= 11 is 0. The predicted molar refractivity (Wildman–Crippen MR) is 141 cm³/mol. The molecule has 0 N–H and O–H groups in total. The summed E-state index contributed by atoms with van der Waals surface area (Å²) in [5.74, 6) is -2.22. The summed E-state index contributed by atoms with van der Waals surface area (Å²) in [5.41, 5.74) is 0.611. The Morgan fingerprint density at radius 2 is 1.71 bits per heavy atom. The van der Waals surface area contributed by atoms with Crippen molar-refractivity contribution >= 4 is 21.9 Å². The molecule has 0 amide bonds. The molecule has 1 aliphatic rings. The molecule has 2 heteroatoms. The van der Waals surface area contributed by atoms with Crippen LogP contribution in [0, 0.1) is 13.8 Å². The molecule has 2 heterocycles. The maximum Gasteiger partial charge on any atom is 0.216 e. The van der Waals surface area contributed by atoms with Gasteiger partial charge in [0, 0.05) is 51.2 Å². The molecule has 2 aromatic heterocycles. The molecular weight excluding hydrogens is 414 g/mol. The standard InChI is InChI=1S/C32H32NO/c1-18(2)24-17-33(7)27(16-20(24)4)28-19(3)12-13-21-22-14-15-26-29(31(22)34-30(21)28)23-10-8-9-11-25(23)32(26,5)6/h8-18H,1-7H3/q+1/i1D3,4D3,5D3,6D3,18D. The summed E-state index contributed by atoms with van der Waals surface area (Å²) in [6.45, 7) is -8.46. The van der Waals surface area contributed by atoms with E-state index in [-0.39, 0.29) is 22.3 Å². The van der Waals surface area contributed by atoms with Crippen LogP contribution in [0.1, 0.15) is 79.0 Å². The minimum Gasteiger partial charge on any atom is -0.454 e. The molecule has 170 valence electrons. The van der Waals surface area contributed by atoms with E-state index < -0.39 is 38.7 Å². The van der Waals surface area contributed by atoms with Crippen LogP contribution in [0.5, 0.6) is 0 Å². The number of rotatable bonds is 2. The minimum atomic E-state index is -2.94. The van der Waals surface area contributed by atoms with Gasteiger partial charge in [-0.25, -0.2) is 4.57 Å². The third-order valence-corrected chi connectivity index (χ3v) is 6.96. The highest BCUT2D eigenvalue weighted by Gasteiger charge is 2.37. The van der Waals surface area contributed by atoms with Crippen LogP contribution in [0.3, 0.4) is 0 Å². The molecule has 0 spiro atoms. The fourth-order valence-electron chi connectivity index (χ4n) is 5.27. The first-order valence-electron chi connectivity index (χ1n) is 17.6. The second-order valence-corrected chi connectivity index (χ2v) is 9.12. The predicted octanol–water partition coefficient (Wildman–Crippen LogP) is 8.12. The topological polar surface area (TPSA) is 17.0 Å². The average Bonchev–Trinajstić information content (AvgIpc) is 3.45. The van der Waals surface area contributed by atoms with Gasteiger partial charge in [0.15, 0.2) is 6.20 Å². The maximum atomic E-state index is 8.68. The molecule has 1 aliphatic carbocycles. The summed E-state index contributed by atoms with van der Waals surface area (Å²) in [6.07, 6.45) is 1.37. The molecule has 0 aliphatic heterocycles. The number of furan rings is 1. The molecule has 2 nitrogen and oxygen atoms in total. The average molecular weight is 460 g/mol. The summed E-state index contributed by atoms with van der Waals surface area (Å²) in [6, 6.07) is 14.8. The first-order chi connectivity index (χ1) is 21.5. The molecule has 34 heavy (non-hydrogen) atoms. The third-order valence-electron chi connectivity index (χ3n) is 6.96. The van der Waals surface area contributed by atoms with Crippen LogP contribution in [0.25, 0.3) is 44.3 Å². The van der Waals surface area contributed by atoms with Crippen LogP contribution in [-0.4, -0.2) is 0 Å². The zero-order valence-corrected chi connectivity index (χ0v) is 19.1. The summed E-state index contributed by atoms with van der Waals surface area (Å²) in [5, 5.41) is 1.24. The Morgan fingerprint density at radius 1 is 0.941 bits per heavy atom. The minimum absolute atomic E-state index is 0.113. The zero-order chi connectivity index (χ0) is 34.9. The Kier molecular flexibility index (Phi) is 2.36. The number of hydrogen-bond donors (Lipinski definition) is 0. The first-order valence-corrected chi connectivity index (χ1v) is 11.1. The van der Waals surface area contributed by atoms with E-state index in [9.17, 15) is 0 Å². The number of aryl methyl sites for hydroxylation is 3. The van der Waals surface area contributed by atoms with E-state index >= 15 is 0 Å². The van der Waals surface area contributed by atoms with E-state index in [1.807, 2.05) is 19.1 Å². The highest BCUT2D eigenvalue weighted by atomic mass is 16.3. The SMILES string of the molecule is [2H]C([2H])([2H])c1cc(-c2c(C)ccc3c2oc2c4c(ccc23)C(C([2H])([2H])[2H])(C([2H])([2H])[2H])c2ccccc2-4)[n+](C)cc1C([2H])(C)C([2H])([2H])[2H]. The summed E-state index contributed by atoms with van der Waals surface area (Å²) in [4.78, 5) is 0. The molecule has 0 saturated heterocycles. The van der Waals surface area contributed by atoms with Gasteiger partial charge in [-0.3, -0.25) is 0 Å². The fraction of sp³-hybridized carbons (Fsp3) is 0.281. The Hall–Kier alpha value is -3.39. The summed E-state index contributed by atoms with van der Waals surface area (Å²) < 4.78 is 117. The monoisotopic (exact) mass is 459 g/mol. The van der Waals surface area contributed by atoms with Gasteiger partial charge in [-0.05, 0) is 47.5 Å². The van der Waals surface area contributed by atoms with Crippen molar-refractivity contribution in [2.75, 3.05) is 0 Å². The van der Waals surface area contributed by atoms with Crippen LogP contribution in [0.15, 0.2) is 65.2 Å². The van der Waals surface area contributed by atoms with Gasteiger partial charge in [0.1, 0.15) is 18.2 Å². The molecule has 1 unspecified atom stereocenters. The largest absolute Gasteiger partial charge is 0.454 e. The quantitative estimate of drug-likeness (QED) is 0.244. The van der Waals surface area contributed by atoms with Crippen molar-refractivity contribution in [2.24, 2.45) is 7.05 Å². The van der Waals surface area contributed by atoms with Gasteiger partial charge in [0.25, 0.3) is 0 Å². The van der Waals surface area contributed by atoms with Crippen molar-refractivity contribution in [3.05, 3.63) is 88.6 Å². The van der Waals surface area contributed by atoms with Gasteiger partial charge in [0.05, 0.1) is 5.56 Å². The van der Waals surface area contributed by atoms with Crippen LogP contribution < -0.4 is 4.57 Å². The number of pyridine rings is 1. The molecule has 0 saturated carbocycles.